The van der Waals surface area contributed by atoms with E-state index >= 15 is 0 Å². The lowest BCUT2D eigenvalue weighted by atomic mass is 9.84. The maximum atomic E-state index is 13.8. The summed E-state index contributed by atoms with van der Waals surface area (Å²) < 4.78 is 39.6. The number of carbonyl (C=O) groups is 1. The van der Waals surface area contributed by atoms with Gasteiger partial charge in [-0.1, -0.05) is 30.3 Å². The maximum absolute atomic E-state index is 13.8. The summed E-state index contributed by atoms with van der Waals surface area (Å²) in [6.07, 6.45) is 3.95. The third kappa shape index (κ3) is 6.51. The Hall–Kier alpha value is -4.24. The average Bonchev–Trinajstić information content (AvgIpc) is 3.06. The fraction of sp³-hybridized carbons (Fsp3) is 0.378. The molecule has 2 aliphatic rings. The Bertz CT molecular complexity index is 1620. The molecular weight excluding hydrogens is 587 g/mol. The third-order valence-electron chi connectivity index (χ3n) is 9.83. The standard InChI is InChI=1S/C37H40F3N5O/c1-26-23-29(28-11-17-41-18-12-28)24-27(2)34(26)35(46)43-21-15-36(3,16-22-43)44-19-13-31(14-20-44)45(30-7-5-4-6-8-30)32-9-10-33(42-25-32)37(38,39)40/h4-12,17-18,23-25,31H,13-16,19-22H2,1-3H3. The monoisotopic (exact) mass is 627 g/mol. The number of alkyl halides is 3. The molecule has 2 aromatic carbocycles. The molecule has 6 rings (SSSR count). The number of aryl methyl sites for hydroxylation is 2. The Morgan fingerprint density at radius 3 is 2.04 bits per heavy atom. The minimum atomic E-state index is -4.47. The predicted octanol–water partition coefficient (Wildman–Crippen LogP) is 8.08. The first-order chi connectivity index (χ1) is 22.0. The molecule has 0 atom stereocenters. The second-order valence-corrected chi connectivity index (χ2v) is 12.8. The molecule has 2 aromatic heterocycles. The van der Waals surface area contributed by atoms with Gasteiger partial charge in [0.25, 0.3) is 5.91 Å². The number of anilines is 2. The van der Waals surface area contributed by atoms with E-state index in [2.05, 4.69) is 38.8 Å². The van der Waals surface area contributed by atoms with Crippen LogP contribution in [0.3, 0.4) is 0 Å². The van der Waals surface area contributed by atoms with Crippen LogP contribution in [0.25, 0.3) is 11.1 Å². The van der Waals surface area contributed by atoms with Crippen LogP contribution < -0.4 is 4.90 Å². The van der Waals surface area contributed by atoms with Crippen LogP contribution in [-0.2, 0) is 6.18 Å². The molecule has 6 nitrogen and oxygen atoms in total. The van der Waals surface area contributed by atoms with Crippen LogP contribution in [0, 0.1) is 13.8 Å². The molecule has 0 saturated carbocycles. The fourth-order valence-corrected chi connectivity index (χ4v) is 7.20. The molecule has 0 radical (unpaired) electrons. The van der Waals surface area contributed by atoms with Crippen molar-refractivity contribution in [2.45, 2.75) is 64.2 Å². The van der Waals surface area contributed by atoms with Crippen LogP contribution in [0.1, 0.15) is 59.8 Å². The summed E-state index contributed by atoms with van der Waals surface area (Å²) in [6, 6.07) is 20.7. The molecule has 0 bridgehead atoms. The van der Waals surface area contributed by atoms with Crippen molar-refractivity contribution in [3.05, 3.63) is 108 Å². The number of pyridine rings is 2. The van der Waals surface area contributed by atoms with Gasteiger partial charge in [-0.05, 0) is 105 Å². The minimum absolute atomic E-state index is 0.0233. The van der Waals surface area contributed by atoms with E-state index in [9.17, 15) is 18.0 Å². The van der Waals surface area contributed by atoms with Crippen LogP contribution in [-0.4, -0.2) is 63.4 Å². The smallest absolute Gasteiger partial charge is 0.338 e. The molecule has 2 fully saturated rings. The van der Waals surface area contributed by atoms with E-state index in [0.717, 1.165) is 78.3 Å². The van der Waals surface area contributed by atoms with Crippen molar-refractivity contribution in [1.82, 2.24) is 19.8 Å². The zero-order valence-electron chi connectivity index (χ0n) is 26.6. The van der Waals surface area contributed by atoms with Gasteiger partial charge in [-0.15, -0.1) is 0 Å². The number of nitrogens with zero attached hydrogens (tertiary/aromatic N) is 5. The van der Waals surface area contributed by atoms with Crippen LogP contribution in [0.4, 0.5) is 24.5 Å². The van der Waals surface area contributed by atoms with Crippen molar-refractivity contribution in [1.29, 1.82) is 0 Å². The van der Waals surface area contributed by atoms with Crippen molar-refractivity contribution >= 4 is 17.3 Å². The van der Waals surface area contributed by atoms with E-state index in [0.29, 0.717) is 18.8 Å². The van der Waals surface area contributed by atoms with Gasteiger partial charge in [0.05, 0.1) is 11.9 Å². The molecule has 4 aromatic rings. The van der Waals surface area contributed by atoms with Crippen molar-refractivity contribution in [3.8, 4) is 11.1 Å². The number of carbonyl (C=O) groups excluding carboxylic acids is 1. The molecule has 4 heterocycles. The Morgan fingerprint density at radius 1 is 0.848 bits per heavy atom. The van der Waals surface area contributed by atoms with Gasteiger partial charge in [0.15, 0.2) is 0 Å². The first-order valence-electron chi connectivity index (χ1n) is 16.0. The molecule has 240 valence electrons. The molecule has 0 spiro atoms. The van der Waals surface area contributed by atoms with Gasteiger partial charge in [0.2, 0.25) is 0 Å². The average molecular weight is 628 g/mol. The topological polar surface area (TPSA) is 52.6 Å². The van der Waals surface area contributed by atoms with Gasteiger partial charge in [0.1, 0.15) is 5.69 Å². The number of hydrogen-bond donors (Lipinski definition) is 0. The van der Waals surface area contributed by atoms with E-state index in [-0.39, 0.29) is 17.5 Å². The number of amides is 1. The third-order valence-corrected chi connectivity index (χ3v) is 9.83. The van der Waals surface area contributed by atoms with Gasteiger partial charge in [-0.3, -0.25) is 14.7 Å². The summed E-state index contributed by atoms with van der Waals surface area (Å²) in [6.45, 7) is 9.50. The highest BCUT2D eigenvalue weighted by Crippen LogP contribution is 2.37. The van der Waals surface area contributed by atoms with E-state index in [4.69, 9.17) is 0 Å². The molecule has 0 unspecified atom stereocenters. The quantitative estimate of drug-likeness (QED) is 0.216. The van der Waals surface area contributed by atoms with Crippen molar-refractivity contribution < 1.29 is 18.0 Å². The van der Waals surface area contributed by atoms with Crippen molar-refractivity contribution in [2.24, 2.45) is 0 Å². The Labute approximate surface area is 268 Å². The number of aromatic nitrogens is 2. The Kier molecular flexibility index (Phi) is 8.88. The number of halogens is 3. The summed E-state index contributed by atoms with van der Waals surface area (Å²) in [7, 11) is 0. The number of piperidine rings is 2. The predicted molar refractivity (Wildman–Crippen MR) is 175 cm³/mol. The SMILES string of the molecule is Cc1cc(-c2ccncc2)cc(C)c1C(=O)N1CCC(C)(N2CCC(N(c3ccccc3)c3ccc(C(F)(F)F)nc3)CC2)CC1. The lowest BCUT2D eigenvalue weighted by molar-refractivity contribution is -0.141. The molecule has 1 amide bonds. The minimum Gasteiger partial charge on any atom is -0.338 e. The van der Waals surface area contributed by atoms with Crippen molar-refractivity contribution in [2.75, 3.05) is 31.1 Å². The van der Waals surface area contributed by atoms with Gasteiger partial charge < -0.3 is 9.80 Å². The van der Waals surface area contributed by atoms with Gasteiger partial charge in [-0.25, -0.2) is 4.98 Å². The molecule has 0 aliphatic carbocycles. The first-order valence-corrected chi connectivity index (χ1v) is 16.0. The van der Waals surface area contributed by atoms with E-state index in [1.54, 1.807) is 12.4 Å². The summed E-state index contributed by atoms with van der Waals surface area (Å²) >= 11 is 0. The number of para-hydroxylation sites is 1. The fourth-order valence-electron chi connectivity index (χ4n) is 7.20. The van der Waals surface area contributed by atoms with E-state index < -0.39 is 11.9 Å². The zero-order valence-corrected chi connectivity index (χ0v) is 26.6. The summed E-state index contributed by atoms with van der Waals surface area (Å²) in [4.78, 5) is 28.3. The highest BCUT2D eigenvalue weighted by Gasteiger charge is 2.40. The Morgan fingerprint density at radius 2 is 1.48 bits per heavy atom. The highest BCUT2D eigenvalue weighted by atomic mass is 19.4. The van der Waals surface area contributed by atoms with E-state index in [1.165, 1.54) is 12.3 Å². The lowest BCUT2D eigenvalue weighted by Crippen LogP contribution is -2.57. The highest BCUT2D eigenvalue weighted by molar-refractivity contribution is 5.98. The number of benzene rings is 2. The molecule has 2 aliphatic heterocycles. The number of likely N-dealkylation sites (tertiary alicyclic amines) is 2. The second kappa shape index (κ2) is 12.9. The molecule has 9 heteroatoms. The summed E-state index contributed by atoms with van der Waals surface area (Å²) in [5.41, 5.74) is 5.63. The zero-order chi connectivity index (χ0) is 32.5. The molecule has 2 saturated heterocycles. The van der Waals surface area contributed by atoms with E-state index in [1.807, 2.05) is 61.2 Å². The van der Waals surface area contributed by atoms with Crippen LogP contribution in [0.5, 0.6) is 0 Å². The number of hydrogen-bond acceptors (Lipinski definition) is 5. The first kappa shape index (κ1) is 31.7. The van der Waals surface area contributed by atoms with Gasteiger partial charge in [0, 0.05) is 61.4 Å². The molecular formula is C37H40F3N5O. The summed E-state index contributed by atoms with van der Waals surface area (Å²) in [5, 5.41) is 0. The normalized spacial score (nSPS) is 17.6. The second-order valence-electron chi connectivity index (χ2n) is 12.8. The number of rotatable bonds is 6. The van der Waals surface area contributed by atoms with Gasteiger partial charge in [-0.2, -0.15) is 13.2 Å². The molecule has 46 heavy (non-hydrogen) atoms. The molecule has 0 N–H and O–H groups in total. The Balaban J connectivity index is 1.11. The van der Waals surface area contributed by atoms with Crippen molar-refractivity contribution in [3.63, 3.8) is 0 Å². The lowest BCUT2D eigenvalue weighted by Gasteiger charge is -2.50. The summed E-state index contributed by atoms with van der Waals surface area (Å²) in [5.74, 6) is 0.0979. The largest absolute Gasteiger partial charge is 0.433 e. The van der Waals surface area contributed by atoms with Crippen LogP contribution in [0.2, 0.25) is 0 Å². The maximum Gasteiger partial charge on any atom is 0.433 e. The van der Waals surface area contributed by atoms with Crippen LogP contribution in [0.15, 0.2) is 85.3 Å². The van der Waals surface area contributed by atoms with Gasteiger partial charge >= 0.3 is 6.18 Å². The van der Waals surface area contributed by atoms with Crippen LogP contribution >= 0.6 is 0 Å².